The van der Waals surface area contributed by atoms with Gasteiger partial charge in [-0.05, 0) is 44.7 Å². The number of nitrogens with one attached hydrogen (secondary N) is 1. The van der Waals surface area contributed by atoms with Crippen LogP contribution in [-0.4, -0.2) is 26.0 Å². The van der Waals surface area contributed by atoms with Gasteiger partial charge in [-0.1, -0.05) is 18.9 Å². The van der Waals surface area contributed by atoms with Gasteiger partial charge in [0.2, 0.25) is 0 Å². The molecule has 1 saturated heterocycles. The standard InChI is InChI=1S/C17H22FN3O4S/c1-17(2,11-19)9-5-3-4-6-12-7-8-13(22)16(15(12)18)21-10-14(23)20-26(21,24)25/h7-8,22H,3-6,9-10H2,1-2H3,(H,20,23). The number of carbonyl (C=O) groups excluding carboxylic acids is 1. The van der Waals surface area contributed by atoms with Crippen molar-refractivity contribution in [3.05, 3.63) is 23.5 Å². The zero-order chi connectivity index (χ0) is 19.5. The number of phenolic OH excluding ortho intramolecular Hbond substituents is 1. The largest absolute Gasteiger partial charge is 0.506 e. The normalized spacial score (nSPS) is 16.4. The van der Waals surface area contributed by atoms with Crippen molar-refractivity contribution >= 4 is 21.8 Å². The fourth-order valence-electron chi connectivity index (χ4n) is 2.79. The first-order valence-corrected chi connectivity index (χ1v) is 9.76. The summed E-state index contributed by atoms with van der Waals surface area (Å²) in [6.07, 6.45) is 3.38. The predicted octanol–water partition coefficient (Wildman–Crippen LogP) is 2.36. The van der Waals surface area contributed by atoms with Gasteiger partial charge in [-0.15, -0.1) is 0 Å². The lowest BCUT2D eigenvalue weighted by molar-refractivity contribution is -0.117. The Labute approximate surface area is 152 Å². The van der Waals surface area contributed by atoms with Crippen LogP contribution >= 0.6 is 0 Å². The summed E-state index contributed by atoms with van der Waals surface area (Å²) in [4.78, 5) is 11.3. The number of nitrogens with zero attached hydrogens (tertiary/aromatic N) is 2. The maximum absolute atomic E-state index is 14.8. The number of aromatic hydroxyl groups is 1. The number of carbonyl (C=O) groups is 1. The van der Waals surface area contributed by atoms with Crippen molar-refractivity contribution in [3.63, 3.8) is 0 Å². The molecule has 142 valence electrons. The lowest BCUT2D eigenvalue weighted by Gasteiger charge is -2.18. The van der Waals surface area contributed by atoms with Crippen LogP contribution in [0.5, 0.6) is 5.75 Å². The smallest absolute Gasteiger partial charge is 0.326 e. The van der Waals surface area contributed by atoms with Gasteiger partial charge in [-0.3, -0.25) is 4.79 Å². The molecule has 2 rings (SSSR count). The Hall–Kier alpha value is -2.34. The molecule has 1 aliphatic rings. The van der Waals surface area contributed by atoms with E-state index in [0.29, 0.717) is 17.1 Å². The van der Waals surface area contributed by atoms with Crippen molar-refractivity contribution in [2.45, 2.75) is 46.0 Å². The molecule has 1 aromatic rings. The Morgan fingerprint density at radius 1 is 1.35 bits per heavy atom. The van der Waals surface area contributed by atoms with Gasteiger partial charge in [-0.2, -0.15) is 13.7 Å². The quantitative estimate of drug-likeness (QED) is 0.702. The van der Waals surface area contributed by atoms with Crippen molar-refractivity contribution in [3.8, 4) is 11.8 Å². The van der Waals surface area contributed by atoms with Gasteiger partial charge < -0.3 is 5.11 Å². The summed E-state index contributed by atoms with van der Waals surface area (Å²) in [6, 6.07) is 4.87. The van der Waals surface area contributed by atoms with Crippen molar-refractivity contribution < 1.29 is 22.7 Å². The molecule has 1 aromatic carbocycles. The highest BCUT2D eigenvalue weighted by atomic mass is 32.2. The molecule has 1 amide bonds. The van der Waals surface area contributed by atoms with Crippen LogP contribution in [0.3, 0.4) is 0 Å². The number of hydrogen-bond acceptors (Lipinski definition) is 5. The summed E-state index contributed by atoms with van der Waals surface area (Å²) in [7, 11) is -4.20. The second-order valence-electron chi connectivity index (χ2n) is 7.00. The van der Waals surface area contributed by atoms with E-state index in [1.807, 2.05) is 13.8 Å². The molecule has 0 saturated carbocycles. The summed E-state index contributed by atoms with van der Waals surface area (Å²) in [6.45, 7) is 3.16. The molecule has 0 spiro atoms. The molecule has 26 heavy (non-hydrogen) atoms. The van der Waals surface area contributed by atoms with Crippen LogP contribution in [0.4, 0.5) is 10.1 Å². The average molecular weight is 383 g/mol. The van der Waals surface area contributed by atoms with Gasteiger partial charge >= 0.3 is 10.2 Å². The molecule has 1 fully saturated rings. The minimum absolute atomic E-state index is 0.270. The highest BCUT2D eigenvalue weighted by Crippen LogP contribution is 2.35. The Morgan fingerprint density at radius 3 is 2.62 bits per heavy atom. The molecule has 2 N–H and O–H groups in total. The number of amides is 1. The van der Waals surface area contributed by atoms with Crippen LogP contribution in [0.1, 0.15) is 45.1 Å². The first-order valence-electron chi connectivity index (χ1n) is 8.32. The fraction of sp³-hybridized carbons (Fsp3) is 0.529. The molecular weight excluding hydrogens is 361 g/mol. The van der Waals surface area contributed by atoms with E-state index in [9.17, 15) is 22.7 Å². The summed E-state index contributed by atoms with van der Waals surface area (Å²) >= 11 is 0. The molecule has 0 bridgehead atoms. The van der Waals surface area contributed by atoms with Crippen LogP contribution in [0.25, 0.3) is 0 Å². The van der Waals surface area contributed by atoms with Crippen LogP contribution < -0.4 is 9.03 Å². The van der Waals surface area contributed by atoms with E-state index in [1.54, 1.807) is 4.72 Å². The molecule has 7 nitrogen and oxygen atoms in total. The van der Waals surface area contributed by atoms with Gasteiger partial charge in [0.15, 0.2) is 5.82 Å². The van der Waals surface area contributed by atoms with Crippen molar-refractivity contribution in [2.24, 2.45) is 5.41 Å². The second kappa shape index (κ2) is 7.50. The predicted molar refractivity (Wildman–Crippen MR) is 94.0 cm³/mol. The molecule has 0 aromatic heterocycles. The van der Waals surface area contributed by atoms with Gasteiger partial charge in [-0.25, -0.2) is 13.4 Å². The highest BCUT2D eigenvalue weighted by molar-refractivity contribution is 7.92. The SMILES string of the molecule is CC(C)(C#N)CCCCCc1ccc(O)c(N2CC(=O)NS2(=O)=O)c1F. The average Bonchev–Trinajstić information content (AvgIpc) is 2.81. The number of aryl methyl sites for hydroxylation is 1. The van der Waals surface area contributed by atoms with Gasteiger partial charge in [0.25, 0.3) is 5.91 Å². The molecule has 1 aliphatic heterocycles. The maximum Gasteiger partial charge on any atom is 0.326 e. The van der Waals surface area contributed by atoms with E-state index in [4.69, 9.17) is 5.26 Å². The number of halogens is 1. The summed E-state index contributed by atoms with van der Waals surface area (Å²) in [5.41, 5.74) is -0.626. The molecular formula is C17H22FN3O4S. The monoisotopic (exact) mass is 383 g/mol. The minimum Gasteiger partial charge on any atom is -0.506 e. The van der Waals surface area contributed by atoms with E-state index in [0.717, 1.165) is 19.3 Å². The van der Waals surface area contributed by atoms with E-state index in [-0.39, 0.29) is 11.0 Å². The first-order chi connectivity index (χ1) is 12.1. The number of benzene rings is 1. The lowest BCUT2D eigenvalue weighted by atomic mass is 9.88. The molecule has 0 atom stereocenters. The topological polar surface area (TPSA) is 110 Å². The number of hydrogen-bond donors (Lipinski definition) is 2. The molecule has 0 aliphatic carbocycles. The minimum atomic E-state index is -4.20. The third-order valence-electron chi connectivity index (χ3n) is 4.29. The second-order valence-corrected chi connectivity index (χ2v) is 8.59. The van der Waals surface area contributed by atoms with Gasteiger partial charge in [0, 0.05) is 0 Å². The number of nitriles is 1. The fourth-order valence-corrected chi connectivity index (χ4v) is 3.95. The Kier molecular flexibility index (Phi) is 5.76. The van der Waals surface area contributed by atoms with Gasteiger partial charge in [0.1, 0.15) is 18.0 Å². The van der Waals surface area contributed by atoms with E-state index in [2.05, 4.69) is 6.07 Å². The number of rotatable bonds is 7. The summed E-state index contributed by atoms with van der Waals surface area (Å²) < 4.78 is 40.9. The van der Waals surface area contributed by atoms with Crippen molar-refractivity contribution in [1.29, 1.82) is 5.26 Å². The van der Waals surface area contributed by atoms with E-state index < -0.39 is 39.9 Å². The zero-order valence-corrected chi connectivity index (χ0v) is 15.6. The van der Waals surface area contributed by atoms with Crippen LogP contribution in [0.2, 0.25) is 0 Å². The molecule has 9 heteroatoms. The summed E-state index contributed by atoms with van der Waals surface area (Å²) in [5.74, 6) is -2.17. The zero-order valence-electron chi connectivity index (χ0n) is 14.7. The molecule has 0 unspecified atom stereocenters. The third-order valence-corrected chi connectivity index (χ3v) is 5.67. The first kappa shape index (κ1) is 20.0. The lowest BCUT2D eigenvalue weighted by Crippen LogP contribution is -2.30. The Balaban J connectivity index is 2.08. The van der Waals surface area contributed by atoms with Crippen LogP contribution in [0.15, 0.2) is 12.1 Å². The highest BCUT2D eigenvalue weighted by Gasteiger charge is 2.37. The molecule has 1 heterocycles. The Morgan fingerprint density at radius 2 is 2.04 bits per heavy atom. The van der Waals surface area contributed by atoms with Gasteiger partial charge in [0.05, 0.1) is 11.5 Å². The number of phenols is 1. The van der Waals surface area contributed by atoms with Crippen molar-refractivity contribution in [1.82, 2.24) is 4.72 Å². The van der Waals surface area contributed by atoms with E-state index >= 15 is 0 Å². The number of anilines is 1. The Bertz CT molecular complexity index is 846. The number of unbranched alkanes of at least 4 members (excludes halogenated alkanes) is 2. The summed E-state index contributed by atoms with van der Waals surface area (Å²) in [5, 5.41) is 18.9. The van der Waals surface area contributed by atoms with Crippen molar-refractivity contribution in [2.75, 3.05) is 10.8 Å². The molecule has 0 radical (unpaired) electrons. The maximum atomic E-state index is 14.8. The third kappa shape index (κ3) is 4.43. The van der Waals surface area contributed by atoms with Crippen LogP contribution in [0, 0.1) is 22.6 Å². The van der Waals surface area contributed by atoms with Crippen LogP contribution in [-0.2, 0) is 21.4 Å². The van der Waals surface area contributed by atoms with E-state index in [1.165, 1.54) is 12.1 Å².